The summed E-state index contributed by atoms with van der Waals surface area (Å²) >= 11 is 0. The molecule has 1 aromatic heterocycles. The molecule has 19 heavy (non-hydrogen) atoms. The molecule has 0 bridgehead atoms. The van der Waals surface area contributed by atoms with Gasteiger partial charge < -0.3 is 4.74 Å². The second-order valence-corrected chi connectivity index (χ2v) is 4.04. The molecule has 1 aromatic carbocycles. The topological polar surface area (TPSA) is 27.1 Å². The molecule has 0 spiro atoms. The summed E-state index contributed by atoms with van der Waals surface area (Å²) in [5.41, 5.74) is 0.476. The highest BCUT2D eigenvalue weighted by Gasteiger charge is 2.31. The van der Waals surface area contributed by atoms with Gasteiger partial charge in [0.1, 0.15) is 11.4 Å². The fourth-order valence-corrected chi connectivity index (χ4v) is 1.76. The molecule has 0 unspecified atom stereocenters. The Kier molecular flexibility index (Phi) is 3.64. The van der Waals surface area contributed by atoms with Crippen molar-refractivity contribution in [2.45, 2.75) is 12.3 Å². The van der Waals surface area contributed by atoms with Crippen molar-refractivity contribution in [1.82, 2.24) is 9.78 Å². The second kappa shape index (κ2) is 5.22. The molecule has 3 nitrogen and oxygen atoms in total. The van der Waals surface area contributed by atoms with Crippen LogP contribution in [-0.4, -0.2) is 16.9 Å². The molecular weight excluding hydrogens is 250 g/mol. The number of aromatic nitrogens is 2. The molecule has 0 saturated carbocycles. The highest BCUT2D eigenvalue weighted by molar-refractivity contribution is 5.46. The van der Waals surface area contributed by atoms with Gasteiger partial charge in [0.05, 0.1) is 18.9 Å². The fraction of sp³-hybridized carbons (Fsp3) is 0.214. The largest absolute Gasteiger partial charge is 0.494 e. The van der Waals surface area contributed by atoms with E-state index < -0.39 is 12.3 Å². The van der Waals surface area contributed by atoms with Crippen molar-refractivity contribution in [3.05, 3.63) is 54.9 Å². The van der Waals surface area contributed by atoms with Crippen molar-refractivity contribution < 1.29 is 13.5 Å². The molecule has 0 atom stereocenters. The van der Waals surface area contributed by atoms with E-state index in [1.807, 2.05) is 0 Å². The van der Waals surface area contributed by atoms with E-state index in [1.54, 1.807) is 24.3 Å². The molecule has 0 N–H and O–H groups in total. The predicted molar refractivity (Wildman–Crippen MR) is 68.8 cm³/mol. The third-order valence-corrected chi connectivity index (χ3v) is 2.74. The van der Waals surface area contributed by atoms with E-state index >= 15 is 0 Å². The van der Waals surface area contributed by atoms with Gasteiger partial charge >= 0.3 is 0 Å². The zero-order chi connectivity index (χ0) is 13.9. The van der Waals surface area contributed by atoms with Gasteiger partial charge in [0.15, 0.2) is 0 Å². The summed E-state index contributed by atoms with van der Waals surface area (Å²) in [6, 6.07) is 7.10. The van der Waals surface area contributed by atoms with Gasteiger partial charge in [0.2, 0.25) is 0 Å². The number of allylic oxidation sites excluding steroid dienone is 1. The quantitative estimate of drug-likeness (QED) is 0.772. The van der Waals surface area contributed by atoms with Crippen LogP contribution in [0.5, 0.6) is 5.75 Å². The number of ether oxygens (including phenoxy) is 1. The normalized spacial score (nSPS) is 11.3. The SMILES string of the molecule is C=CCC(F)(F)c1cnn(-c2ccccc2OC)c1. The number of alkyl halides is 2. The number of methoxy groups -OCH3 is 1. The monoisotopic (exact) mass is 264 g/mol. The van der Waals surface area contributed by atoms with Crippen LogP contribution in [-0.2, 0) is 5.92 Å². The number of para-hydroxylation sites is 2. The van der Waals surface area contributed by atoms with Crippen LogP contribution in [0.3, 0.4) is 0 Å². The van der Waals surface area contributed by atoms with Crippen LogP contribution in [0.1, 0.15) is 12.0 Å². The zero-order valence-corrected chi connectivity index (χ0v) is 10.5. The number of hydrogen-bond acceptors (Lipinski definition) is 2. The van der Waals surface area contributed by atoms with Crippen LogP contribution < -0.4 is 4.74 Å². The zero-order valence-electron chi connectivity index (χ0n) is 10.5. The van der Waals surface area contributed by atoms with Gasteiger partial charge in [0.25, 0.3) is 5.92 Å². The third kappa shape index (κ3) is 2.65. The van der Waals surface area contributed by atoms with Crippen molar-refractivity contribution in [1.29, 1.82) is 0 Å². The molecule has 2 aromatic rings. The Labute approximate surface area is 110 Å². The highest BCUT2D eigenvalue weighted by atomic mass is 19.3. The van der Waals surface area contributed by atoms with Gasteiger partial charge in [-0.25, -0.2) is 13.5 Å². The van der Waals surface area contributed by atoms with Crippen molar-refractivity contribution in [2.24, 2.45) is 0 Å². The minimum Gasteiger partial charge on any atom is -0.494 e. The smallest absolute Gasteiger partial charge is 0.279 e. The highest BCUT2D eigenvalue weighted by Crippen LogP contribution is 2.32. The maximum Gasteiger partial charge on any atom is 0.279 e. The number of halogens is 2. The summed E-state index contributed by atoms with van der Waals surface area (Å²) < 4.78 is 34.0. The summed E-state index contributed by atoms with van der Waals surface area (Å²) in [7, 11) is 1.52. The molecular formula is C14H14F2N2O. The van der Waals surface area contributed by atoms with Gasteiger partial charge in [-0.1, -0.05) is 18.2 Å². The minimum atomic E-state index is -2.96. The van der Waals surface area contributed by atoms with Crippen molar-refractivity contribution in [3.8, 4) is 11.4 Å². The lowest BCUT2D eigenvalue weighted by molar-refractivity contribution is -0.000880. The van der Waals surface area contributed by atoms with E-state index in [0.717, 1.165) is 6.20 Å². The first-order chi connectivity index (χ1) is 9.08. The standard InChI is InChI=1S/C14H14F2N2O/c1-3-8-14(15,16)11-9-17-18(10-11)12-6-4-5-7-13(12)19-2/h3-7,9-10H,1,8H2,2H3. The molecule has 0 saturated heterocycles. The lowest BCUT2D eigenvalue weighted by Crippen LogP contribution is -2.10. The Morgan fingerprint density at radius 3 is 2.84 bits per heavy atom. The Morgan fingerprint density at radius 2 is 2.16 bits per heavy atom. The molecule has 5 heteroatoms. The number of nitrogens with zero attached hydrogens (tertiary/aromatic N) is 2. The number of benzene rings is 1. The van der Waals surface area contributed by atoms with E-state index in [1.165, 1.54) is 24.1 Å². The molecule has 100 valence electrons. The van der Waals surface area contributed by atoms with Crippen LogP contribution in [0.15, 0.2) is 49.3 Å². The van der Waals surface area contributed by atoms with Crippen molar-refractivity contribution in [2.75, 3.05) is 7.11 Å². The van der Waals surface area contributed by atoms with Crippen molar-refractivity contribution in [3.63, 3.8) is 0 Å². The first kappa shape index (κ1) is 13.3. The van der Waals surface area contributed by atoms with Gasteiger partial charge in [-0.3, -0.25) is 0 Å². The Bertz CT molecular complexity index is 578. The maximum atomic E-state index is 13.7. The van der Waals surface area contributed by atoms with E-state index in [4.69, 9.17) is 4.74 Å². The van der Waals surface area contributed by atoms with E-state index in [9.17, 15) is 8.78 Å². The Hall–Kier alpha value is -2.17. The molecule has 0 amide bonds. The van der Waals surface area contributed by atoms with Crippen LogP contribution in [0.2, 0.25) is 0 Å². The van der Waals surface area contributed by atoms with Gasteiger partial charge in [-0.05, 0) is 12.1 Å². The lowest BCUT2D eigenvalue weighted by atomic mass is 10.1. The third-order valence-electron chi connectivity index (χ3n) is 2.74. The first-order valence-electron chi connectivity index (χ1n) is 5.76. The second-order valence-electron chi connectivity index (χ2n) is 4.04. The number of rotatable bonds is 5. The summed E-state index contributed by atoms with van der Waals surface area (Å²) in [6.45, 7) is 3.34. The molecule has 1 heterocycles. The van der Waals surface area contributed by atoms with Crippen LogP contribution in [0.25, 0.3) is 5.69 Å². The first-order valence-corrected chi connectivity index (χ1v) is 5.76. The van der Waals surface area contributed by atoms with Crippen LogP contribution in [0.4, 0.5) is 8.78 Å². The average molecular weight is 264 g/mol. The van der Waals surface area contributed by atoms with Gasteiger partial charge in [-0.15, -0.1) is 6.58 Å². The predicted octanol–water partition coefficient (Wildman–Crippen LogP) is 3.55. The molecule has 0 aliphatic rings. The molecule has 0 aliphatic carbocycles. The van der Waals surface area contributed by atoms with E-state index in [2.05, 4.69) is 11.7 Å². The van der Waals surface area contributed by atoms with Crippen LogP contribution >= 0.6 is 0 Å². The average Bonchev–Trinajstić information content (AvgIpc) is 2.89. The lowest BCUT2D eigenvalue weighted by Gasteiger charge is -2.11. The number of hydrogen-bond donors (Lipinski definition) is 0. The summed E-state index contributed by atoms with van der Waals surface area (Å²) in [4.78, 5) is 0. The Balaban J connectivity index is 2.38. The van der Waals surface area contributed by atoms with Gasteiger partial charge in [-0.2, -0.15) is 5.10 Å². The molecule has 0 fully saturated rings. The van der Waals surface area contributed by atoms with Crippen molar-refractivity contribution >= 4 is 0 Å². The molecule has 2 rings (SSSR count). The summed E-state index contributed by atoms with van der Waals surface area (Å²) in [6.07, 6.45) is 3.25. The molecule has 0 aliphatic heterocycles. The van der Waals surface area contributed by atoms with Gasteiger partial charge in [0, 0.05) is 12.6 Å². The van der Waals surface area contributed by atoms with Crippen LogP contribution in [0, 0.1) is 0 Å². The summed E-state index contributed by atoms with van der Waals surface area (Å²) in [5, 5.41) is 3.97. The molecule has 0 radical (unpaired) electrons. The van der Waals surface area contributed by atoms with E-state index in [-0.39, 0.29) is 5.56 Å². The minimum absolute atomic E-state index is 0.140. The maximum absolute atomic E-state index is 13.7. The fourth-order valence-electron chi connectivity index (χ4n) is 1.76. The Morgan fingerprint density at radius 1 is 1.42 bits per heavy atom. The summed E-state index contributed by atoms with van der Waals surface area (Å²) in [5.74, 6) is -2.38. The van der Waals surface area contributed by atoms with E-state index in [0.29, 0.717) is 11.4 Å².